The molecule has 0 unspecified atom stereocenters. The molecule has 150 valence electrons. The van der Waals surface area contributed by atoms with Crippen molar-refractivity contribution in [3.63, 3.8) is 0 Å². The zero-order chi connectivity index (χ0) is 20.5. The molecule has 0 bridgehead atoms. The van der Waals surface area contributed by atoms with E-state index in [0.29, 0.717) is 34.1 Å². The van der Waals surface area contributed by atoms with E-state index in [4.69, 9.17) is 23.7 Å². The van der Waals surface area contributed by atoms with E-state index < -0.39 is 11.9 Å². The number of carbonyl (C=O) groups excluding carboxylic acids is 2. The van der Waals surface area contributed by atoms with Crippen LogP contribution in [-0.4, -0.2) is 46.9 Å². The van der Waals surface area contributed by atoms with Gasteiger partial charge in [-0.3, -0.25) is 9.59 Å². The van der Waals surface area contributed by atoms with Crippen molar-refractivity contribution in [1.29, 1.82) is 0 Å². The number of ether oxygens (including phenoxy) is 5. The summed E-state index contributed by atoms with van der Waals surface area (Å²) in [5.41, 5.74) is 0.956. The summed E-state index contributed by atoms with van der Waals surface area (Å²) in [5.74, 6) is 1.09. The standard InChI is InChI=1S/C20H23NO7/c1-24-15-5-6-18(27-4)14(9-15)12-28-19(22)11-21-20(23)13-7-16(25-2)10-17(8-13)26-3/h5-10H,11-12H2,1-4H3,(H,21,23). The molecule has 0 saturated heterocycles. The molecule has 2 rings (SSSR count). The Hall–Kier alpha value is -3.42. The monoisotopic (exact) mass is 389 g/mol. The fourth-order valence-corrected chi connectivity index (χ4v) is 2.40. The first-order valence-corrected chi connectivity index (χ1v) is 8.38. The molecule has 0 atom stereocenters. The van der Waals surface area contributed by atoms with Crippen molar-refractivity contribution < 1.29 is 33.3 Å². The lowest BCUT2D eigenvalue weighted by Crippen LogP contribution is -2.30. The summed E-state index contributed by atoms with van der Waals surface area (Å²) in [6.07, 6.45) is 0. The van der Waals surface area contributed by atoms with Gasteiger partial charge in [-0.05, 0) is 30.3 Å². The minimum Gasteiger partial charge on any atom is -0.497 e. The predicted octanol–water partition coefficient (Wildman–Crippen LogP) is 2.19. The average molecular weight is 389 g/mol. The highest BCUT2D eigenvalue weighted by atomic mass is 16.5. The van der Waals surface area contributed by atoms with E-state index in [1.165, 1.54) is 21.3 Å². The van der Waals surface area contributed by atoms with E-state index in [0.717, 1.165) is 0 Å². The van der Waals surface area contributed by atoms with E-state index >= 15 is 0 Å². The van der Waals surface area contributed by atoms with Gasteiger partial charge >= 0.3 is 5.97 Å². The highest BCUT2D eigenvalue weighted by Gasteiger charge is 2.13. The van der Waals surface area contributed by atoms with Crippen LogP contribution in [0.5, 0.6) is 23.0 Å². The van der Waals surface area contributed by atoms with Gasteiger partial charge in [0.15, 0.2) is 0 Å². The molecule has 0 heterocycles. The highest BCUT2D eigenvalue weighted by molar-refractivity contribution is 5.96. The van der Waals surface area contributed by atoms with Gasteiger partial charge in [0.05, 0.1) is 28.4 Å². The van der Waals surface area contributed by atoms with Crippen LogP contribution < -0.4 is 24.3 Å². The largest absolute Gasteiger partial charge is 0.497 e. The maximum atomic E-state index is 12.3. The van der Waals surface area contributed by atoms with Crippen LogP contribution in [0.2, 0.25) is 0 Å². The summed E-state index contributed by atoms with van der Waals surface area (Å²) in [7, 11) is 6.04. The topological polar surface area (TPSA) is 92.3 Å². The van der Waals surface area contributed by atoms with Crippen LogP contribution >= 0.6 is 0 Å². The van der Waals surface area contributed by atoms with Gasteiger partial charge in [-0.25, -0.2) is 0 Å². The van der Waals surface area contributed by atoms with Crippen molar-refractivity contribution in [2.45, 2.75) is 6.61 Å². The van der Waals surface area contributed by atoms with Gasteiger partial charge in [0.1, 0.15) is 36.1 Å². The molecule has 8 nitrogen and oxygen atoms in total. The number of rotatable bonds is 9. The Morgan fingerprint density at radius 3 is 2.04 bits per heavy atom. The van der Waals surface area contributed by atoms with Crippen molar-refractivity contribution >= 4 is 11.9 Å². The molecule has 1 amide bonds. The van der Waals surface area contributed by atoms with Crippen LogP contribution in [-0.2, 0) is 16.1 Å². The van der Waals surface area contributed by atoms with Crippen LogP contribution in [0.25, 0.3) is 0 Å². The molecule has 0 fully saturated rings. The second kappa shape index (κ2) is 10.1. The molecular weight excluding hydrogens is 366 g/mol. The van der Waals surface area contributed by atoms with Crippen LogP contribution in [0.1, 0.15) is 15.9 Å². The Labute approximate surface area is 163 Å². The number of amides is 1. The molecule has 0 radical (unpaired) electrons. The van der Waals surface area contributed by atoms with E-state index in [2.05, 4.69) is 5.32 Å². The predicted molar refractivity (Wildman–Crippen MR) is 101 cm³/mol. The maximum Gasteiger partial charge on any atom is 0.325 e. The van der Waals surface area contributed by atoms with E-state index in [9.17, 15) is 9.59 Å². The molecule has 0 spiro atoms. The molecule has 0 aliphatic heterocycles. The molecule has 28 heavy (non-hydrogen) atoms. The number of nitrogens with one attached hydrogen (secondary N) is 1. The van der Waals surface area contributed by atoms with E-state index in [1.807, 2.05) is 0 Å². The van der Waals surface area contributed by atoms with Crippen molar-refractivity contribution in [3.05, 3.63) is 47.5 Å². The molecule has 0 aliphatic rings. The molecule has 2 aromatic rings. The van der Waals surface area contributed by atoms with Crippen LogP contribution in [0.4, 0.5) is 0 Å². The summed E-state index contributed by atoms with van der Waals surface area (Å²) in [4.78, 5) is 24.3. The SMILES string of the molecule is COc1cc(OC)cc(C(=O)NCC(=O)OCc2cc(OC)ccc2OC)c1. The van der Waals surface area contributed by atoms with E-state index in [1.54, 1.807) is 43.5 Å². The third-order valence-electron chi connectivity index (χ3n) is 3.88. The minimum absolute atomic E-state index is 0.0118. The first kappa shape index (κ1) is 20.9. The average Bonchev–Trinajstić information content (AvgIpc) is 2.75. The van der Waals surface area contributed by atoms with Gasteiger partial charge in [-0.15, -0.1) is 0 Å². The summed E-state index contributed by atoms with van der Waals surface area (Å²) in [6, 6.07) is 9.92. The highest BCUT2D eigenvalue weighted by Crippen LogP contribution is 2.25. The van der Waals surface area contributed by atoms with Gasteiger partial charge in [0, 0.05) is 17.2 Å². The zero-order valence-electron chi connectivity index (χ0n) is 16.2. The Bertz CT molecular complexity index is 813. The summed E-state index contributed by atoms with van der Waals surface area (Å²) >= 11 is 0. The van der Waals surface area contributed by atoms with Crippen LogP contribution in [0.3, 0.4) is 0 Å². The summed E-state index contributed by atoms with van der Waals surface area (Å²) < 4.78 is 25.9. The first-order chi connectivity index (χ1) is 13.5. The summed E-state index contributed by atoms with van der Waals surface area (Å²) in [6.45, 7) is -0.299. The minimum atomic E-state index is -0.590. The van der Waals surface area contributed by atoms with E-state index in [-0.39, 0.29) is 13.2 Å². The first-order valence-electron chi connectivity index (χ1n) is 8.38. The lowest BCUT2D eigenvalue weighted by Gasteiger charge is -2.12. The van der Waals surface area contributed by atoms with Crippen molar-refractivity contribution in [3.8, 4) is 23.0 Å². The number of methoxy groups -OCH3 is 4. The lowest BCUT2D eigenvalue weighted by atomic mass is 10.2. The zero-order valence-corrected chi connectivity index (χ0v) is 16.2. The Balaban J connectivity index is 1.93. The molecule has 0 saturated carbocycles. The van der Waals surface area contributed by atoms with Crippen molar-refractivity contribution in [2.24, 2.45) is 0 Å². The van der Waals surface area contributed by atoms with Gasteiger partial charge in [0.2, 0.25) is 0 Å². The van der Waals surface area contributed by atoms with Gasteiger partial charge in [-0.2, -0.15) is 0 Å². The third-order valence-corrected chi connectivity index (χ3v) is 3.88. The smallest absolute Gasteiger partial charge is 0.325 e. The maximum absolute atomic E-state index is 12.3. The van der Waals surface area contributed by atoms with Gasteiger partial charge in [0.25, 0.3) is 5.91 Å². The molecule has 0 aromatic heterocycles. The van der Waals surface area contributed by atoms with Crippen LogP contribution in [0, 0.1) is 0 Å². The van der Waals surface area contributed by atoms with Gasteiger partial charge < -0.3 is 29.0 Å². The Morgan fingerprint density at radius 2 is 1.46 bits per heavy atom. The summed E-state index contributed by atoms with van der Waals surface area (Å²) in [5, 5.41) is 2.51. The second-order valence-electron chi connectivity index (χ2n) is 5.62. The number of benzene rings is 2. The lowest BCUT2D eigenvalue weighted by molar-refractivity contribution is -0.143. The number of hydrogen-bond acceptors (Lipinski definition) is 7. The molecule has 2 aromatic carbocycles. The van der Waals surface area contributed by atoms with Gasteiger partial charge in [-0.1, -0.05) is 0 Å². The van der Waals surface area contributed by atoms with Crippen molar-refractivity contribution in [1.82, 2.24) is 5.32 Å². The normalized spacial score (nSPS) is 10.0. The Morgan fingerprint density at radius 1 is 0.821 bits per heavy atom. The van der Waals surface area contributed by atoms with Crippen LogP contribution in [0.15, 0.2) is 36.4 Å². The van der Waals surface area contributed by atoms with Crippen molar-refractivity contribution in [2.75, 3.05) is 35.0 Å². The number of carbonyl (C=O) groups is 2. The number of hydrogen-bond donors (Lipinski definition) is 1. The molecule has 0 aliphatic carbocycles. The molecule has 8 heteroatoms. The molecule has 1 N–H and O–H groups in total. The number of esters is 1. The molecular formula is C20H23NO7. The quantitative estimate of drug-likeness (QED) is 0.657. The second-order valence-corrected chi connectivity index (χ2v) is 5.62. The fourth-order valence-electron chi connectivity index (χ4n) is 2.40. The Kier molecular flexibility index (Phi) is 7.50. The third kappa shape index (κ3) is 5.54. The fraction of sp³-hybridized carbons (Fsp3) is 0.300.